The van der Waals surface area contributed by atoms with Crippen LogP contribution in [0.15, 0.2) is 24.3 Å². The molecule has 0 aliphatic heterocycles. The lowest BCUT2D eigenvalue weighted by Gasteiger charge is -2.27. The highest BCUT2D eigenvalue weighted by Crippen LogP contribution is 2.26. The number of carbonyl (C=O) groups excluding carboxylic acids is 1. The van der Waals surface area contributed by atoms with Crippen LogP contribution in [-0.4, -0.2) is 29.0 Å². The molecule has 1 amide bonds. The topological polar surface area (TPSA) is 69.8 Å². The van der Waals surface area contributed by atoms with E-state index < -0.39 is 0 Å². The minimum atomic E-state index is 0.173. The second kappa shape index (κ2) is 5.53. The highest BCUT2D eigenvalue weighted by molar-refractivity contribution is 5.78. The molecule has 106 valence electrons. The molecule has 1 fully saturated rings. The van der Waals surface area contributed by atoms with Gasteiger partial charge in [0.05, 0.1) is 11.0 Å². The van der Waals surface area contributed by atoms with E-state index in [1.54, 1.807) is 7.05 Å². The molecule has 1 heterocycles. The number of anilines is 1. The molecule has 1 aromatic carbocycles. The molecule has 1 aliphatic carbocycles. The van der Waals surface area contributed by atoms with E-state index in [1.807, 2.05) is 24.3 Å². The molecule has 0 unspecified atom stereocenters. The van der Waals surface area contributed by atoms with Gasteiger partial charge in [-0.15, -0.1) is 0 Å². The molecule has 3 N–H and O–H groups in total. The van der Waals surface area contributed by atoms with Gasteiger partial charge in [0.1, 0.15) is 0 Å². The fraction of sp³-hybridized carbons (Fsp3) is 0.467. The van der Waals surface area contributed by atoms with E-state index in [1.165, 1.54) is 0 Å². The molecule has 0 bridgehead atoms. The van der Waals surface area contributed by atoms with Crippen molar-refractivity contribution < 1.29 is 4.79 Å². The Hall–Kier alpha value is -2.04. The first-order valence-corrected chi connectivity index (χ1v) is 7.19. The van der Waals surface area contributed by atoms with E-state index in [2.05, 4.69) is 20.6 Å². The van der Waals surface area contributed by atoms with Crippen molar-refractivity contribution >= 4 is 22.9 Å². The molecule has 0 atom stereocenters. The van der Waals surface area contributed by atoms with Gasteiger partial charge < -0.3 is 15.6 Å². The molecular formula is C15H20N4O. The minimum Gasteiger partial charge on any atom is -0.359 e. The number of rotatable bonds is 3. The SMILES string of the molecule is CNC(=O)C1CCC(Nc2nc3ccccc3[nH]2)CC1. The number of amides is 1. The molecule has 0 radical (unpaired) electrons. The van der Waals surface area contributed by atoms with Crippen LogP contribution in [0.3, 0.4) is 0 Å². The van der Waals surface area contributed by atoms with Gasteiger partial charge in [0.15, 0.2) is 0 Å². The largest absolute Gasteiger partial charge is 0.359 e. The molecule has 3 rings (SSSR count). The maximum absolute atomic E-state index is 11.6. The third-order valence-electron chi connectivity index (χ3n) is 4.07. The molecule has 2 aromatic rings. The van der Waals surface area contributed by atoms with Crippen LogP contribution in [0.4, 0.5) is 5.95 Å². The zero-order valence-electron chi connectivity index (χ0n) is 11.6. The van der Waals surface area contributed by atoms with Gasteiger partial charge in [0.2, 0.25) is 11.9 Å². The first kappa shape index (κ1) is 13.0. The van der Waals surface area contributed by atoms with Gasteiger partial charge in [-0.05, 0) is 37.8 Å². The molecule has 5 nitrogen and oxygen atoms in total. The monoisotopic (exact) mass is 272 g/mol. The molecule has 1 aliphatic rings. The second-order valence-electron chi connectivity index (χ2n) is 5.41. The van der Waals surface area contributed by atoms with Crippen LogP contribution in [-0.2, 0) is 4.79 Å². The van der Waals surface area contributed by atoms with Gasteiger partial charge in [-0.1, -0.05) is 12.1 Å². The smallest absolute Gasteiger partial charge is 0.222 e. The summed E-state index contributed by atoms with van der Waals surface area (Å²) in [5.74, 6) is 1.18. The van der Waals surface area contributed by atoms with Crippen LogP contribution in [0, 0.1) is 5.92 Å². The maximum Gasteiger partial charge on any atom is 0.222 e. The Balaban J connectivity index is 1.60. The Morgan fingerprint density at radius 1 is 1.25 bits per heavy atom. The van der Waals surface area contributed by atoms with Gasteiger partial charge in [0.25, 0.3) is 0 Å². The lowest BCUT2D eigenvalue weighted by atomic mass is 9.85. The number of nitrogens with one attached hydrogen (secondary N) is 3. The van der Waals surface area contributed by atoms with Gasteiger partial charge in [-0.3, -0.25) is 4.79 Å². The molecule has 0 saturated heterocycles. The standard InChI is InChI=1S/C15H20N4O/c1-16-14(20)10-6-8-11(9-7-10)17-15-18-12-4-2-3-5-13(12)19-15/h2-5,10-11H,6-9H2,1H3,(H,16,20)(H2,17,18,19). The number of carbonyl (C=O) groups is 1. The first-order chi connectivity index (χ1) is 9.76. The Morgan fingerprint density at radius 2 is 2.00 bits per heavy atom. The molecule has 5 heteroatoms. The summed E-state index contributed by atoms with van der Waals surface area (Å²) in [5, 5.41) is 6.19. The van der Waals surface area contributed by atoms with Crippen molar-refractivity contribution in [3.05, 3.63) is 24.3 Å². The van der Waals surface area contributed by atoms with E-state index in [9.17, 15) is 4.79 Å². The Bertz CT molecular complexity index is 566. The summed E-state index contributed by atoms with van der Waals surface area (Å²) < 4.78 is 0. The van der Waals surface area contributed by atoms with E-state index in [0.29, 0.717) is 6.04 Å². The van der Waals surface area contributed by atoms with Crippen molar-refractivity contribution in [1.82, 2.24) is 15.3 Å². The summed E-state index contributed by atoms with van der Waals surface area (Å²) in [6.07, 6.45) is 3.90. The number of hydrogen-bond acceptors (Lipinski definition) is 3. The Labute approximate surface area is 118 Å². The number of fused-ring (bicyclic) bond motifs is 1. The van der Waals surface area contributed by atoms with Crippen molar-refractivity contribution in [1.29, 1.82) is 0 Å². The minimum absolute atomic E-state index is 0.173. The van der Waals surface area contributed by atoms with Crippen LogP contribution in [0.5, 0.6) is 0 Å². The zero-order chi connectivity index (χ0) is 13.9. The molecular weight excluding hydrogens is 252 g/mol. The van der Waals surface area contributed by atoms with E-state index in [0.717, 1.165) is 42.7 Å². The van der Waals surface area contributed by atoms with Crippen molar-refractivity contribution in [3.8, 4) is 0 Å². The van der Waals surface area contributed by atoms with Crippen LogP contribution < -0.4 is 10.6 Å². The number of nitrogens with zero attached hydrogens (tertiary/aromatic N) is 1. The summed E-state index contributed by atoms with van der Waals surface area (Å²) in [7, 11) is 1.71. The maximum atomic E-state index is 11.6. The zero-order valence-corrected chi connectivity index (χ0v) is 11.6. The van der Waals surface area contributed by atoms with Crippen LogP contribution in [0.2, 0.25) is 0 Å². The molecule has 1 saturated carbocycles. The number of hydrogen-bond donors (Lipinski definition) is 3. The lowest BCUT2D eigenvalue weighted by molar-refractivity contribution is -0.125. The second-order valence-corrected chi connectivity index (χ2v) is 5.41. The number of para-hydroxylation sites is 2. The summed E-state index contributed by atoms with van der Waals surface area (Å²) in [5.41, 5.74) is 2.03. The third kappa shape index (κ3) is 2.61. The normalized spacial score (nSPS) is 22.6. The number of benzene rings is 1. The summed E-state index contributed by atoms with van der Waals surface area (Å²) in [4.78, 5) is 19.4. The molecule has 1 aromatic heterocycles. The van der Waals surface area contributed by atoms with Crippen LogP contribution in [0.25, 0.3) is 11.0 Å². The average Bonchev–Trinajstić information content (AvgIpc) is 2.89. The van der Waals surface area contributed by atoms with Crippen molar-refractivity contribution in [3.63, 3.8) is 0 Å². The van der Waals surface area contributed by atoms with E-state index >= 15 is 0 Å². The Morgan fingerprint density at radius 3 is 2.70 bits per heavy atom. The molecule has 0 spiro atoms. The van der Waals surface area contributed by atoms with Crippen molar-refractivity contribution in [2.24, 2.45) is 5.92 Å². The highest BCUT2D eigenvalue weighted by atomic mass is 16.1. The fourth-order valence-electron chi connectivity index (χ4n) is 2.92. The summed E-state index contributed by atoms with van der Waals surface area (Å²) in [6, 6.07) is 8.41. The van der Waals surface area contributed by atoms with Gasteiger partial charge in [-0.2, -0.15) is 0 Å². The van der Waals surface area contributed by atoms with Gasteiger partial charge >= 0.3 is 0 Å². The predicted octanol–water partition coefficient (Wildman–Crippen LogP) is 2.28. The average molecular weight is 272 g/mol. The van der Waals surface area contributed by atoms with E-state index in [-0.39, 0.29) is 11.8 Å². The third-order valence-corrected chi connectivity index (χ3v) is 4.07. The molecule has 20 heavy (non-hydrogen) atoms. The predicted molar refractivity (Wildman–Crippen MR) is 79.5 cm³/mol. The van der Waals surface area contributed by atoms with Crippen molar-refractivity contribution in [2.45, 2.75) is 31.7 Å². The summed E-state index contributed by atoms with van der Waals surface area (Å²) >= 11 is 0. The fourth-order valence-corrected chi connectivity index (χ4v) is 2.92. The number of H-pyrrole nitrogens is 1. The highest BCUT2D eigenvalue weighted by Gasteiger charge is 2.25. The first-order valence-electron chi connectivity index (χ1n) is 7.19. The summed E-state index contributed by atoms with van der Waals surface area (Å²) in [6.45, 7) is 0. The lowest BCUT2D eigenvalue weighted by Crippen LogP contribution is -2.34. The number of aromatic nitrogens is 2. The van der Waals surface area contributed by atoms with Crippen LogP contribution >= 0.6 is 0 Å². The van der Waals surface area contributed by atoms with E-state index in [4.69, 9.17) is 0 Å². The van der Waals surface area contributed by atoms with Crippen LogP contribution in [0.1, 0.15) is 25.7 Å². The van der Waals surface area contributed by atoms with Gasteiger partial charge in [-0.25, -0.2) is 4.98 Å². The van der Waals surface area contributed by atoms with Gasteiger partial charge in [0, 0.05) is 19.0 Å². The Kier molecular flexibility index (Phi) is 3.58. The number of imidazole rings is 1. The number of aromatic amines is 1. The quantitative estimate of drug-likeness (QED) is 0.803. The van der Waals surface area contributed by atoms with Crippen molar-refractivity contribution in [2.75, 3.05) is 12.4 Å².